The molecule has 0 aromatic carbocycles. The predicted molar refractivity (Wildman–Crippen MR) is 82.5 cm³/mol. The van der Waals surface area contributed by atoms with Crippen LogP contribution < -0.4 is 5.32 Å². The lowest BCUT2D eigenvalue weighted by atomic mass is 9.84. The minimum atomic E-state index is -0.941. The number of ether oxygens (including phenoxy) is 3. The molecule has 0 spiro atoms. The van der Waals surface area contributed by atoms with Crippen molar-refractivity contribution in [2.24, 2.45) is 5.92 Å². The van der Waals surface area contributed by atoms with Gasteiger partial charge in [-0.2, -0.15) is 0 Å². The molecule has 23 heavy (non-hydrogen) atoms. The zero-order valence-electron chi connectivity index (χ0n) is 14.3. The highest BCUT2D eigenvalue weighted by Gasteiger charge is 2.36. The standard InChI is InChI=1S/C16H27NO6/c1-11(2)14(21-12(3)18)22-15(20)17-10-16(23-13(4)19)8-6-5-7-9-16/h11,14H,5-10H2,1-4H3,(H,17,20). The van der Waals surface area contributed by atoms with Gasteiger partial charge in [-0.25, -0.2) is 4.79 Å². The lowest BCUT2D eigenvalue weighted by Crippen LogP contribution is -2.48. The quantitative estimate of drug-likeness (QED) is 0.595. The normalized spacial score (nSPS) is 18.0. The number of amides is 1. The van der Waals surface area contributed by atoms with Crippen LogP contribution in [0.1, 0.15) is 59.8 Å². The SMILES string of the molecule is CC(=O)OC(OC(=O)NCC1(OC(C)=O)CCCCC1)C(C)C. The van der Waals surface area contributed by atoms with Gasteiger partial charge in [0.1, 0.15) is 5.60 Å². The summed E-state index contributed by atoms with van der Waals surface area (Å²) in [6, 6.07) is 0. The van der Waals surface area contributed by atoms with Gasteiger partial charge in [-0.3, -0.25) is 9.59 Å². The van der Waals surface area contributed by atoms with Crippen molar-refractivity contribution in [3.63, 3.8) is 0 Å². The van der Waals surface area contributed by atoms with E-state index in [0.717, 1.165) is 19.3 Å². The van der Waals surface area contributed by atoms with Crippen LogP contribution >= 0.6 is 0 Å². The third kappa shape index (κ3) is 6.88. The second kappa shape index (κ2) is 8.74. The van der Waals surface area contributed by atoms with Gasteiger partial charge in [-0.1, -0.05) is 20.3 Å². The molecule has 0 radical (unpaired) electrons. The summed E-state index contributed by atoms with van der Waals surface area (Å²) < 4.78 is 15.5. The third-order valence-electron chi connectivity index (χ3n) is 3.73. The van der Waals surface area contributed by atoms with E-state index in [1.165, 1.54) is 13.8 Å². The maximum Gasteiger partial charge on any atom is 0.410 e. The maximum atomic E-state index is 11.9. The monoisotopic (exact) mass is 329 g/mol. The molecule has 1 aliphatic rings. The summed E-state index contributed by atoms with van der Waals surface area (Å²) in [5.74, 6) is -1.04. The molecule has 7 nitrogen and oxygen atoms in total. The number of alkyl carbamates (subject to hydrolysis) is 1. The summed E-state index contributed by atoms with van der Waals surface area (Å²) >= 11 is 0. The Morgan fingerprint density at radius 3 is 2.09 bits per heavy atom. The number of esters is 2. The van der Waals surface area contributed by atoms with Crippen LogP contribution in [0.25, 0.3) is 0 Å². The average Bonchev–Trinajstić information content (AvgIpc) is 2.44. The number of hydrogen-bond donors (Lipinski definition) is 1. The summed E-state index contributed by atoms with van der Waals surface area (Å²) in [6.07, 6.45) is 2.79. The first-order valence-corrected chi connectivity index (χ1v) is 8.05. The Morgan fingerprint density at radius 2 is 1.61 bits per heavy atom. The fourth-order valence-corrected chi connectivity index (χ4v) is 2.66. The van der Waals surface area contributed by atoms with Gasteiger partial charge in [0.15, 0.2) is 0 Å². The summed E-state index contributed by atoms with van der Waals surface area (Å²) in [6.45, 7) is 6.37. The van der Waals surface area contributed by atoms with E-state index in [4.69, 9.17) is 14.2 Å². The van der Waals surface area contributed by atoms with E-state index in [9.17, 15) is 14.4 Å². The number of carbonyl (C=O) groups excluding carboxylic acids is 3. The van der Waals surface area contributed by atoms with E-state index >= 15 is 0 Å². The molecule has 1 aliphatic carbocycles. The third-order valence-corrected chi connectivity index (χ3v) is 3.73. The fraction of sp³-hybridized carbons (Fsp3) is 0.812. The van der Waals surface area contributed by atoms with Crippen LogP contribution in [0.15, 0.2) is 0 Å². The molecule has 1 fully saturated rings. The number of rotatable bonds is 6. The molecule has 1 saturated carbocycles. The second-order valence-corrected chi connectivity index (χ2v) is 6.32. The molecule has 1 N–H and O–H groups in total. The molecule has 1 rings (SSSR count). The highest BCUT2D eigenvalue weighted by atomic mass is 16.7. The van der Waals surface area contributed by atoms with Crippen molar-refractivity contribution in [2.75, 3.05) is 6.54 Å². The molecule has 1 amide bonds. The van der Waals surface area contributed by atoms with Gasteiger partial charge in [-0.15, -0.1) is 0 Å². The van der Waals surface area contributed by atoms with Crippen molar-refractivity contribution in [3.8, 4) is 0 Å². The van der Waals surface area contributed by atoms with Crippen LogP contribution in [0.5, 0.6) is 0 Å². The molecular weight excluding hydrogens is 302 g/mol. The first-order chi connectivity index (χ1) is 10.7. The zero-order chi connectivity index (χ0) is 17.5. The van der Waals surface area contributed by atoms with Gasteiger partial charge in [-0.05, 0) is 25.7 Å². The van der Waals surface area contributed by atoms with Crippen LogP contribution in [0.2, 0.25) is 0 Å². The van der Waals surface area contributed by atoms with Crippen LogP contribution in [0.4, 0.5) is 4.79 Å². The van der Waals surface area contributed by atoms with Crippen molar-refractivity contribution in [2.45, 2.75) is 71.7 Å². The van der Waals surface area contributed by atoms with Crippen LogP contribution in [-0.2, 0) is 23.8 Å². The van der Waals surface area contributed by atoms with E-state index in [-0.39, 0.29) is 18.4 Å². The molecule has 7 heteroatoms. The summed E-state index contributed by atoms with van der Waals surface area (Å²) in [5.41, 5.74) is -0.669. The van der Waals surface area contributed by atoms with Gasteiger partial charge in [0, 0.05) is 19.8 Å². The first kappa shape index (κ1) is 19.3. The van der Waals surface area contributed by atoms with Crippen molar-refractivity contribution in [1.82, 2.24) is 5.32 Å². The van der Waals surface area contributed by atoms with Crippen molar-refractivity contribution in [3.05, 3.63) is 0 Å². The molecule has 1 unspecified atom stereocenters. The average molecular weight is 329 g/mol. The Balaban J connectivity index is 2.57. The number of carbonyl (C=O) groups is 3. The van der Waals surface area contributed by atoms with E-state index in [1.54, 1.807) is 13.8 Å². The summed E-state index contributed by atoms with van der Waals surface area (Å²) in [7, 11) is 0. The zero-order valence-corrected chi connectivity index (χ0v) is 14.3. The molecule has 0 heterocycles. The van der Waals surface area contributed by atoms with Crippen molar-refractivity contribution in [1.29, 1.82) is 0 Å². The summed E-state index contributed by atoms with van der Waals surface area (Å²) in [5, 5.41) is 2.63. The number of hydrogen-bond acceptors (Lipinski definition) is 6. The minimum absolute atomic E-state index is 0.165. The topological polar surface area (TPSA) is 90.9 Å². The molecule has 0 aromatic heterocycles. The van der Waals surface area contributed by atoms with E-state index in [2.05, 4.69) is 5.32 Å². The molecule has 0 aromatic rings. The Labute approximate surface area is 137 Å². The Kier molecular flexibility index (Phi) is 7.32. The molecule has 0 bridgehead atoms. The second-order valence-electron chi connectivity index (χ2n) is 6.32. The van der Waals surface area contributed by atoms with Crippen LogP contribution in [0, 0.1) is 5.92 Å². The van der Waals surface area contributed by atoms with Gasteiger partial charge >= 0.3 is 18.0 Å². The van der Waals surface area contributed by atoms with Crippen LogP contribution in [-0.4, -0.2) is 36.5 Å². The highest BCUT2D eigenvalue weighted by Crippen LogP contribution is 2.31. The smallest absolute Gasteiger partial charge is 0.410 e. The molecule has 1 atom stereocenters. The fourth-order valence-electron chi connectivity index (χ4n) is 2.66. The maximum absolute atomic E-state index is 11.9. The first-order valence-electron chi connectivity index (χ1n) is 8.05. The molecular formula is C16H27NO6. The van der Waals surface area contributed by atoms with Crippen LogP contribution in [0.3, 0.4) is 0 Å². The lowest BCUT2D eigenvalue weighted by molar-refractivity contribution is -0.173. The lowest BCUT2D eigenvalue weighted by Gasteiger charge is -2.36. The van der Waals surface area contributed by atoms with Gasteiger partial charge in [0.2, 0.25) is 0 Å². The van der Waals surface area contributed by atoms with E-state index in [0.29, 0.717) is 12.8 Å². The molecule has 0 saturated heterocycles. The van der Waals surface area contributed by atoms with E-state index < -0.39 is 24.0 Å². The molecule has 0 aliphatic heterocycles. The van der Waals surface area contributed by atoms with Gasteiger partial charge in [0.05, 0.1) is 6.54 Å². The van der Waals surface area contributed by atoms with Crippen molar-refractivity contribution < 1.29 is 28.6 Å². The predicted octanol–water partition coefficient (Wildman–Crippen LogP) is 2.52. The minimum Gasteiger partial charge on any atom is -0.457 e. The van der Waals surface area contributed by atoms with Gasteiger partial charge in [0.25, 0.3) is 6.29 Å². The Hall–Kier alpha value is -1.79. The van der Waals surface area contributed by atoms with E-state index in [1.807, 2.05) is 0 Å². The Morgan fingerprint density at radius 1 is 1.00 bits per heavy atom. The molecule has 132 valence electrons. The Bertz CT molecular complexity index is 428. The van der Waals surface area contributed by atoms with Gasteiger partial charge < -0.3 is 19.5 Å². The number of nitrogens with one attached hydrogen (secondary N) is 1. The summed E-state index contributed by atoms with van der Waals surface area (Å²) in [4.78, 5) is 34.3. The highest BCUT2D eigenvalue weighted by molar-refractivity contribution is 5.69. The largest absolute Gasteiger partial charge is 0.457 e. The van der Waals surface area contributed by atoms with Crippen molar-refractivity contribution >= 4 is 18.0 Å².